The first-order chi connectivity index (χ1) is 14.3. The summed E-state index contributed by atoms with van der Waals surface area (Å²) in [7, 11) is 0. The second kappa shape index (κ2) is 8.17. The number of hydrogen-bond acceptors (Lipinski definition) is 4. The lowest BCUT2D eigenvalue weighted by atomic mass is 9.68. The minimum Gasteiger partial charge on any atom is -0.378 e. The van der Waals surface area contributed by atoms with Gasteiger partial charge in [0.2, 0.25) is 0 Å². The summed E-state index contributed by atoms with van der Waals surface area (Å²) in [4.78, 5) is 4.79. The van der Waals surface area contributed by atoms with E-state index in [0.29, 0.717) is 0 Å². The van der Waals surface area contributed by atoms with Gasteiger partial charge in [-0.3, -0.25) is 4.98 Å². The predicted molar refractivity (Wildman–Crippen MR) is 114 cm³/mol. The fourth-order valence-corrected chi connectivity index (χ4v) is 5.71. The maximum absolute atomic E-state index is 6.26. The average molecular weight is 393 g/mol. The SMILES string of the molecule is c1ccc([C@]2(CCNCc3cccc4c3CCC4)CCO[C@]3(CCOC3)C2)nc1. The summed E-state index contributed by atoms with van der Waals surface area (Å²) in [6.45, 7) is 4.30. The third-order valence-corrected chi connectivity index (χ3v) is 7.26. The Kier molecular flexibility index (Phi) is 5.42. The molecule has 1 aromatic heterocycles. The van der Waals surface area contributed by atoms with Crippen LogP contribution in [0.25, 0.3) is 0 Å². The molecular formula is C25H32N2O2. The molecule has 1 spiro atoms. The molecule has 4 nitrogen and oxygen atoms in total. The third-order valence-electron chi connectivity index (χ3n) is 7.26. The third kappa shape index (κ3) is 3.86. The monoisotopic (exact) mass is 392 g/mol. The van der Waals surface area contributed by atoms with Crippen molar-refractivity contribution in [3.63, 3.8) is 0 Å². The summed E-state index contributed by atoms with van der Waals surface area (Å²) in [5.41, 5.74) is 5.81. The normalized spacial score (nSPS) is 28.7. The molecule has 0 unspecified atom stereocenters. The van der Waals surface area contributed by atoms with Gasteiger partial charge in [-0.2, -0.15) is 0 Å². The maximum atomic E-state index is 6.26. The van der Waals surface area contributed by atoms with E-state index in [1.54, 1.807) is 11.1 Å². The molecule has 29 heavy (non-hydrogen) atoms. The Morgan fingerprint density at radius 2 is 2.03 bits per heavy atom. The molecule has 0 amide bonds. The van der Waals surface area contributed by atoms with Crippen LogP contribution in [0.5, 0.6) is 0 Å². The van der Waals surface area contributed by atoms with E-state index in [9.17, 15) is 0 Å². The van der Waals surface area contributed by atoms with Crippen LogP contribution in [0.4, 0.5) is 0 Å². The molecule has 1 aromatic carbocycles. The van der Waals surface area contributed by atoms with E-state index in [1.807, 2.05) is 12.3 Å². The van der Waals surface area contributed by atoms with Crippen LogP contribution in [-0.2, 0) is 34.3 Å². The van der Waals surface area contributed by atoms with Crippen LogP contribution in [0.3, 0.4) is 0 Å². The van der Waals surface area contributed by atoms with Gasteiger partial charge in [0, 0.05) is 43.5 Å². The molecule has 1 N–H and O–H groups in total. The minimum atomic E-state index is -0.115. The number of pyridine rings is 1. The van der Waals surface area contributed by atoms with Crippen LogP contribution in [0, 0.1) is 0 Å². The second-order valence-electron chi connectivity index (χ2n) is 9.09. The summed E-state index contributed by atoms with van der Waals surface area (Å²) >= 11 is 0. The largest absolute Gasteiger partial charge is 0.378 e. The highest BCUT2D eigenvalue weighted by atomic mass is 16.6. The summed E-state index contributed by atoms with van der Waals surface area (Å²) in [5, 5.41) is 3.75. The van der Waals surface area contributed by atoms with Crippen molar-refractivity contribution in [2.45, 2.75) is 62.5 Å². The molecule has 2 atom stereocenters. The van der Waals surface area contributed by atoms with Crippen LogP contribution in [0.1, 0.15) is 54.5 Å². The molecular weight excluding hydrogens is 360 g/mol. The van der Waals surface area contributed by atoms with Gasteiger partial charge in [0.15, 0.2) is 0 Å². The van der Waals surface area contributed by atoms with E-state index in [-0.39, 0.29) is 11.0 Å². The van der Waals surface area contributed by atoms with Crippen LogP contribution < -0.4 is 5.32 Å². The molecule has 2 saturated heterocycles. The summed E-state index contributed by atoms with van der Waals surface area (Å²) in [6, 6.07) is 13.2. The zero-order valence-electron chi connectivity index (χ0n) is 17.3. The molecule has 154 valence electrons. The molecule has 0 radical (unpaired) electrons. The van der Waals surface area contributed by atoms with Crippen molar-refractivity contribution in [2.24, 2.45) is 0 Å². The van der Waals surface area contributed by atoms with E-state index in [1.165, 1.54) is 30.5 Å². The molecule has 2 aromatic rings. The lowest BCUT2D eigenvalue weighted by Gasteiger charge is -2.45. The van der Waals surface area contributed by atoms with Gasteiger partial charge < -0.3 is 14.8 Å². The highest BCUT2D eigenvalue weighted by Crippen LogP contribution is 2.46. The Hall–Kier alpha value is -1.75. The molecule has 3 aliphatic rings. The van der Waals surface area contributed by atoms with Crippen molar-refractivity contribution in [3.8, 4) is 0 Å². The Balaban J connectivity index is 1.29. The van der Waals surface area contributed by atoms with Crippen molar-refractivity contribution in [1.82, 2.24) is 10.3 Å². The lowest BCUT2D eigenvalue weighted by Crippen LogP contribution is -2.49. The lowest BCUT2D eigenvalue weighted by molar-refractivity contribution is -0.109. The van der Waals surface area contributed by atoms with Gasteiger partial charge in [-0.25, -0.2) is 0 Å². The minimum absolute atomic E-state index is 0.0683. The van der Waals surface area contributed by atoms with Crippen LogP contribution in [0.2, 0.25) is 0 Å². The smallest absolute Gasteiger partial charge is 0.0945 e. The van der Waals surface area contributed by atoms with Gasteiger partial charge in [0.25, 0.3) is 0 Å². The van der Waals surface area contributed by atoms with Gasteiger partial charge >= 0.3 is 0 Å². The molecule has 0 bridgehead atoms. The quantitative estimate of drug-likeness (QED) is 0.756. The first kappa shape index (κ1) is 19.2. The Bertz CT molecular complexity index is 832. The first-order valence-corrected chi connectivity index (χ1v) is 11.2. The molecule has 2 fully saturated rings. The molecule has 5 rings (SSSR count). The number of ether oxygens (including phenoxy) is 2. The predicted octanol–water partition coefficient (Wildman–Crippen LogP) is 3.96. The van der Waals surface area contributed by atoms with Gasteiger partial charge in [0.1, 0.15) is 0 Å². The van der Waals surface area contributed by atoms with Gasteiger partial charge in [-0.1, -0.05) is 24.3 Å². The van der Waals surface area contributed by atoms with E-state index in [4.69, 9.17) is 14.5 Å². The van der Waals surface area contributed by atoms with Gasteiger partial charge in [0.05, 0.1) is 12.2 Å². The highest BCUT2D eigenvalue weighted by Gasteiger charge is 2.49. The number of nitrogens with one attached hydrogen (secondary N) is 1. The van der Waals surface area contributed by atoms with E-state index < -0.39 is 0 Å². The van der Waals surface area contributed by atoms with Crippen LogP contribution >= 0.6 is 0 Å². The second-order valence-corrected chi connectivity index (χ2v) is 9.09. The zero-order chi connectivity index (χ0) is 19.6. The number of aromatic nitrogens is 1. The number of hydrogen-bond donors (Lipinski definition) is 1. The molecule has 4 heteroatoms. The summed E-state index contributed by atoms with van der Waals surface area (Å²) in [5.74, 6) is 0. The topological polar surface area (TPSA) is 43.4 Å². The fraction of sp³-hybridized carbons (Fsp3) is 0.560. The number of fused-ring (bicyclic) bond motifs is 1. The van der Waals surface area contributed by atoms with Crippen molar-refractivity contribution >= 4 is 0 Å². The number of benzene rings is 1. The van der Waals surface area contributed by atoms with E-state index in [2.05, 4.69) is 35.6 Å². The maximum Gasteiger partial charge on any atom is 0.0945 e. The Morgan fingerprint density at radius 1 is 1.03 bits per heavy atom. The summed E-state index contributed by atoms with van der Waals surface area (Å²) < 4.78 is 12.0. The van der Waals surface area contributed by atoms with Crippen molar-refractivity contribution < 1.29 is 9.47 Å². The molecule has 2 aliphatic heterocycles. The Labute approximate surface area is 174 Å². The Morgan fingerprint density at radius 3 is 2.90 bits per heavy atom. The van der Waals surface area contributed by atoms with E-state index >= 15 is 0 Å². The van der Waals surface area contributed by atoms with Gasteiger partial charge in [-0.15, -0.1) is 0 Å². The summed E-state index contributed by atoms with van der Waals surface area (Å²) in [6.07, 6.45) is 9.87. The number of nitrogens with zero attached hydrogens (tertiary/aromatic N) is 1. The van der Waals surface area contributed by atoms with Gasteiger partial charge in [-0.05, 0) is 73.9 Å². The van der Waals surface area contributed by atoms with Crippen molar-refractivity contribution in [3.05, 3.63) is 65.0 Å². The van der Waals surface area contributed by atoms with Crippen LogP contribution in [0.15, 0.2) is 42.6 Å². The van der Waals surface area contributed by atoms with Crippen molar-refractivity contribution in [2.75, 3.05) is 26.4 Å². The molecule has 1 aliphatic carbocycles. The fourth-order valence-electron chi connectivity index (χ4n) is 5.71. The molecule has 0 saturated carbocycles. The first-order valence-electron chi connectivity index (χ1n) is 11.2. The average Bonchev–Trinajstić information content (AvgIpc) is 3.42. The van der Waals surface area contributed by atoms with E-state index in [0.717, 1.165) is 58.6 Å². The van der Waals surface area contributed by atoms with Crippen molar-refractivity contribution in [1.29, 1.82) is 0 Å². The molecule has 3 heterocycles. The zero-order valence-corrected chi connectivity index (χ0v) is 17.3. The van der Waals surface area contributed by atoms with Crippen LogP contribution in [-0.4, -0.2) is 37.0 Å². The standard InChI is InChI=1S/C25H32N2O2/c1-2-13-27-23(9-1)24(11-16-29-25(18-24)12-15-28-19-25)10-14-26-17-21-7-3-5-20-6-4-8-22(20)21/h1-3,5,7,9,13,26H,4,6,8,10-12,14-19H2/t24-,25-/m1/s1. The number of rotatable bonds is 6. The highest BCUT2D eigenvalue weighted by molar-refractivity contribution is 5.38. The number of aryl methyl sites for hydroxylation is 1.